The average Bonchev–Trinajstić information content (AvgIpc) is 2.98. The van der Waals surface area contributed by atoms with Gasteiger partial charge in [0.15, 0.2) is 0 Å². The van der Waals surface area contributed by atoms with Gasteiger partial charge in [-0.15, -0.1) is 0 Å². The minimum atomic E-state index is -0.355. The average molecular weight is 289 g/mol. The van der Waals surface area contributed by atoms with Crippen molar-refractivity contribution in [1.29, 1.82) is 0 Å². The van der Waals surface area contributed by atoms with Crippen molar-refractivity contribution >= 4 is 5.69 Å². The summed E-state index contributed by atoms with van der Waals surface area (Å²) in [5.41, 5.74) is 7.03. The molecule has 1 aromatic heterocycles. The first-order valence-electron chi connectivity index (χ1n) is 7.44. The summed E-state index contributed by atoms with van der Waals surface area (Å²) in [5.74, 6) is 0.00847. The number of benzene rings is 1. The molecular weight excluding hydrogens is 269 g/mol. The molecule has 0 aliphatic heterocycles. The van der Waals surface area contributed by atoms with Gasteiger partial charge in [-0.2, -0.15) is 5.10 Å². The standard InChI is InChI=1S/C16H20FN3O/c17-12-6-7-15(18)16(10-12)21-11-13-8-9-20(19-13)14-4-2-1-3-5-14/h6-10,14H,1-5,11,18H2. The highest BCUT2D eigenvalue weighted by Gasteiger charge is 2.16. The van der Waals surface area contributed by atoms with Crippen LogP contribution in [0.3, 0.4) is 0 Å². The number of anilines is 1. The minimum absolute atomic E-state index is 0.299. The summed E-state index contributed by atoms with van der Waals surface area (Å²) in [4.78, 5) is 0. The van der Waals surface area contributed by atoms with E-state index in [0.717, 1.165) is 5.69 Å². The molecule has 0 saturated heterocycles. The maximum absolute atomic E-state index is 13.2. The van der Waals surface area contributed by atoms with E-state index in [-0.39, 0.29) is 5.82 Å². The van der Waals surface area contributed by atoms with E-state index in [9.17, 15) is 4.39 Å². The quantitative estimate of drug-likeness (QED) is 0.873. The summed E-state index contributed by atoms with van der Waals surface area (Å²) in [6, 6.07) is 6.58. The van der Waals surface area contributed by atoms with Crippen molar-refractivity contribution < 1.29 is 9.13 Å². The topological polar surface area (TPSA) is 53.1 Å². The number of aromatic nitrogens is 2. The van der Waals surface area contributed by atoms with Crippen LogP contribution in [-0.4, -0.2) is 9.78 Å². The third-order valence-corrected chi connectivity index (χ3v) is 3.96. The highest BCUT2D eigenvalue weighted by Crippen LogP contribution is 2.28. The van der Waals surface area contributed by atoms with Crippen molar-refractivity contribution in [2.24, 2.45) is 0 Å². The van der Waals surface area contributed by atoms with E-state index in [1.54, 1.807) is 0 Å². The molecule has 0 spiro atoms. The molecule has 1 aliphatic carbocycles. The Bertz CT molecular complexity index is 605. The zero-order chi connectivity index (χ0) is 14.7. The van der Waals surface area contributed by atoms with Gasteiger partial charge in [-0.3, -0.25) is 4.68 Å². The van der Waals surface area contributed by atoms with Crippen LogP contribution in [0.25, 0.3) is 0 Å². The molecule has 1 fully saturated rings. The van der Waals surface area contributed by atoms with Crippen LogP contribution in [0.5, 0.6) is 5.75 Å². The second kappa shape index (κ2) is 6.16. The molecule has 0 radical (unpaired) electrons. The highest BCUT2D eigenvalue weighted by molar-refractivity contribution is 5.52. The maximum atomic E-state index is 13.2. The normalized spacial score (nSPS) is 16.0. The van der Waals surface area contributed by atoms with Crippen LogP contribution in [0.1, 0.15) is 43.8 Å². The van der Waals surface area contributed by atoms with Gasteiger partial charge in [0.1, 0.15) is 18.2 Å². The molecule has 21 heavy (non-hydrogen) atoms. The van der Waals surface area contributed by atoms with Crippen molar-refractivity contribution in [2.75, 3.05) is 5.73 Å². The van der Waals surface area contributed by atoms with Crippen molar-refractivity contribution in [3.8, 4) is 5.75 Å². The summed E-state index contributed by atoms with van der Waals surface area (Å²) in [6.07, 6.45) is 8.26. The van der Waals surface area contributed by atoms with Crippen LogP contribution < -0.4 is 10.5 Å². The van der Waals surface area contributed by atoms with Crippen LogP contribution in [0.4, 0.5) is 10.1 Å². The Balaban J connectivity index is 1.63. The van der Waals surface area contributed by atoms with Crippen LogP contribution in [0, 0.1) is 5.82 Å². The van der Waals surface area contributed by atoms with E-state index in [2.05, 4.69) is 5.10 Å². The lowest BCUT2D eigenvalue weighted by Crippen LogP contribution is -2.13. The van der Waals surface area contributed by atoms with Crippen molar-refractivity contribution in [3.05, 3.63) is 42.0 Å². The molecule has 0 amide bonds. The third kappa shape index (κ3) is 3.35. The predicted octanol–water partition coefficient (Wildman–Crippen LogP) is 3.69. The molecule has 1 aromatic carbocycles. The number of rotatable bonds is 4. The fraction of sp³-hybridized carbons (Fsp3) is 0.438. The summed E-state index contributed by atoms with van der Waals surface area (Å²) in [7, 11) is 0. The van der Waals surface area contributed by atoms with E-state index in [0.29, 0.717) is 24.1 Å². The monoisotopic (exact) mass is 289 g/mol. The van der Waals surface area contributed by atoms with E-state index >= 15 is 0 Å². The van der Waals surface area contributed by atoms with Gasteiger partial charge in [-0.25, -0.2) is 4.39 Å². The molecule has 3 rings (SSSR count). The molecule has 1 aliphatic rings. The number of ether oxygens (including phenoxy) is 1. The second-order valence-corrected chi connectivity index (χ2v) is 5.55. The Labute approximate surface area is 123 Å². The van der Waals surface area contributed by atoms with Gasteiger partial charge in [0.2, 0.25) is 0 Å². The van der Waals surface area contributed by atoms with E-state index in [1.165, 1.54) is 50.3 Å². The van der Waals surface area contributed by atoms with Gasteiger partial charge in [0.05, 0.1) is 17.4 Å². The fourth-order valence-electron chi connectivity index (χ4n) is 2.79. The third-order valence-electron chi connectivity index (χ3n) is 3.96. The Morgan fingerprint density at radius 2 is 2.05 bits per heavy atom. The number of hydrogen-bond acceptors (Lipinski definition) is 3. The summed E-state index contributed by atoms with van der Waals surface area (Å²) < 4.78 is 20.8. The summed E-state index contributed by atoms with van der Waals surface area (Å²) in [6.45, 7) is 0.299. The van der Waals surface area contributed by atoms with Crippen molar-refractivity contribution in [3.63, 3.8) is 0 Å². The Kier molecular flexibility index (Phi) is 4.08. The van der Waals surface area contributed by atoms with E-state index < -0.39 is 0 Å². The first-order valence-corrected chi connectivity index (χ1v) is 7.44. The molecule has 112 valence electrons. The van der Waals surface area contributed by atoms with Crippen LogP contribution in [-0.2, 0) is 6.61 Å². The Morgan fingerprint density at radius 1 is 1.24 bits per heavy atom. The first kappa shape index (κ1) is 13.9. The second-order valence-electron chi connectivity index (χ2n) is 5.55. The SMILES string of the molecule is Nc1ccc(F)cc1OCc1ccn(C2CCCCC2)n1. The zero-order valence-electron chi connectivity index (χ0n) is 12.0. The molecule has 2 aromatic rings. The lowest BCUT2D eigenvalue weighted by Gasteiger charge is -2.21. The Hall–Kier alpha value is -2.04. The summed E-state index contributed by atoms with van der Waals surface area (Å²) in [5, 5.41) is 4.56. The highest BCUT2D eigenvalue weighted by atomic mass is 19.1. The minimum Gasteiger partial charge on any atom is -0.485 e. The van der Waals surface area contributed by atoms with Crippen LogP contribution in [0.2, 0.25) is 0 Å². The number of nitrogens with zero attached hydrogens (tertiary/aromatic N) is 2. The number of nitrogen functional groups attached to an aromatic ring is 1. The summed E-state index contributed by atoms with van der Waals surface area (Å²) >= 11 is 0. The van der Waals surface area contributed by atoms with Crippen molar-refractivity contribution in [1.82, 2.24) is 9.78 Å². The van der Waals surface area contributed by atoms with E-state index in [1.807, 2.05) is 16.9 Å². The number of nitrogens with two attached hydrogens (primary N) is 1. The smallest absolute Gasteiger partial charge is 0.145 e. The molecule has 0 bridgehead atoms. The molecule has 1 saturated carbocycles. The van der Waals surface area contributed by atoms with E-state index in [4.69, 9.17) is 10.5 Å². The molecule has 0 atom stereocenters. The van der Waals surface area contributed by atoms with Gasteiger partial charge in [-0.1, -0.05) is 19.3 Å². The first-order chi connectivity index (χ1) is 10.2. The van der Waals surface area contributed by atoms with Crippen LogP contribution in [0.15, 0.2) is 30.5 Å². The molecule has 4 nitrogen and oxygen atoms in total. The van der Waals surface area contributed by atoms with Gasteiger partial charge < -0.3 is 10.5 Å². The van der Waals surface area contributed by atoms with Crippen molar-refractivity contribution in [2.45, 2.75) is 44.8 Å². The largest absolute Gasteiger partial charge is 0.485 e. The number of halogens is 1. The Morgan fingerprint density at radius 3 is 2.86 bits per heavy atom. The molecule has 2 N–H and O–H groups in total. The molecule has 0 unspecified atom stereocenters. The van der Waals surface area contributed by atoms with Gasteiger partial charge in [-0.05, 0) is 31.0 Å². The lowest BCUT2D eigenvalue weighted by atomic mass is 9.96. The molecular formula is C16H20FN3O. The predicted molar refractivity (Wildman–Crippen MR) is 79.5 cm³/mol. The molecule has 5 heteroatoms. The molecule has 1 heterocycles. The number of hydrogen-bond donors (Lipinski definition) is 1. The zero-order valence-corrected chi connectivity index (χ0v) is 12.0. The maximum Gasteiger partial charge on any atom is 0.145 e. The van der Waals surface area contributed by atoms with Gasteiger partial charge >= 0.3 is 0 Å². The van der Waals surface area contributed by atoms with Crippen LogP contribution >= 0.6 is 0 Å². The fourth-order valence-corrected chi connectivity index (χ4v) is 2.79. The van der Waals surface area contributed by atoms with Gasteiger partial charge in [0, 0.05) is 12.3 Å². The van der Waals surface area contributed by atoms with Gasteiger partial charge in [0.25, 0.3) is 0 Å². The lowest BCUT2D eigenvalue weighted by molar-refractivity contribution is 0.291.